The first-order valence-corrected chi connectivity index (χ1v) is 8.70. The first kappa shape index (κ1) is 17.0. The summed E-state index contributed by atoms with van der Waals surface area (Å²) in [7, 11) is 0. The molecular weight excluding hydrogens is 335 g/mol. The van der Waals surface area contributed by atoms with Crippen molar-refractivity contribution >= 4 is 29.1 Å². The summed E-state index contributed by atoms with van der Waals surface area (Å²) in [4.78, 5) is 14.6. The number of hydrogen-bond acceptors (Lipinski definition) is 3. The van der Waals surface area contributed by atoms with E-state index in [-0.39, 0.29) is 12.0 Å². The van der Waals surface area contributed by atoms with Crippen LogP contribution < -0.4 is 5.32 Å². The lowest BCUT2D eigenvalue weighted by Crippen LogP contribution is -2.48. The second-order valence-corrected chi connectivity index (χ2v) is 8.12. The fourth-order valence-electron chi connectivity index (χ4n) is 2.94. The van der Waals surface area contributed by atoms with Crippen molar-refractivity contribution in [3.05, 3.63) is 35.9 Å². The first-order valence-electron chi connectivity index (χ1n) is 7.95. The molecule has 1 heterocycles. The number of amides is 1. The van der Waals surface area contributed by atoms with Gasteiger partial charge in [0.15, 0.2) is 0 Å². The van der Waals surface area contributed by atoms with Crippen molar-refractivity contribution in [2.45, 2.75) is 30.3 Å². The number of benzene rings is 1. The molecule has 2 atom stereocenters. The zero-order valence-electron chi connectivity index (χ0n) is 13.2. The highest BCUT2D eigenvalue weighted by atomic mass is 35.5. The molecule has 6 heteroatoms. The van der Waals surface area contributed by atoms with Gasteiger partial charge in [0.25, 0.3) is 0 Å². The molecule has 0 radical (unpaired) electrons. The molecule has 1 aromatic rings. The molecular formula is C17H22Cl2N2O2. The van der Waals surface area contributed by atoms with Gasteiger partial charge in [-0.15, -0.1) is 23.2 Å². The Morgan fingerprint density at radius 3 is 2.74 bits per heavy atom. The van der Waals surface area contributed by atoms with Crippen molar-refractivity contribution in [1.82, 2.24) is 10.2 Å². The fraction of sp³-hybridized carbons (Fsp3) is 0.588. The average Bonchev–Trinajstić information content (AvgIpc) is 3.06. The number of ether oxygens (including phenoxy) is 1. The summed E-state index contributed by atoms with van der Waals surface area (Å²) in [6.07, 6.45) is 0.499. The number of hydrogen-bond donors (Lipinski definition) is 1. The van der Waals surface area contributed by atoms with Gasteiger partial charge in [-0.1, -0.05) is 30.3 Å². The van der Waals surface area contributed by atoms with Crippen molar-refractivity contribution in [3.63, 3.8) is 0 Å². The Kier molecular flexibility index (Phi) is 4.88. The van der Waals surface area contributed by atoms with Gasteiger partial charge in [0.1, 0.15) is 4.33 Å². The maximum atomic E-state index is 12.2. The van der Waals surface area contributed by atoms with E-state index >= 15 is 0 Å². The third-order valence-corrected chi connectivity index (χ3v) is 5.82. The molecule has 1 N–H and O–H groups in total. The van der Waals surface area contributed by atoms with Crippen LogP contribution in [0.5, 0.6) is 0 Å². The number of halogens is 2. The lowest BCUT2D eigenvalue weighted by atomic mass is 10.1. The lowest BCUT2D eigenvalue weighted by molar-refractivity contribution is -0.127. The molecule has 3 rings (SSSR count). The van der Waals surface area contributed by atoms with Crippen molar-refractivity contribution in [2.75, 3.05) is 26.2 Å². The zero-order valence-corrected chi connectivity index (χ0v) is 14.7. The molecule has 0 spiro atoms. The van der Waals surface area contributed by atoms with Gasteiger partial charge in [0, 0.05) is 26.2 Å². The largest absolute Gasteiger partial charge is 0.374 e. The van der Waals surface area contributed by atoms with E-state index in [1.54, 1.807) is 6.92 Å². The van der Waals surface area contributed by atoms with Crippen molar-refractivity contribution < 1.29 is 9.53 Å². The highest BCUT2D eigenvalue weighted by Crippen LogP contribution is 2.63. The standard InChI is InChI=1S/C17H22Cl2N2O2/c1-16(12-17(16,18)19)15(22)20-9-14-11-21(7-8-23-14)10-13-5-3-2-4-6-13/h2-6,14H,7-12H2,1H3,(H,20,22). The van der Waals surface area contributed by atoms with Gasteiger partial charge in [-0.3, -0.25) is 9.69 Å². The zero-order chi connectivity index (χ0) is 16.5. The molecule has 2 aliphatic rings. The molecule has 1 aliphatic heterocycles. The van der Waals surface area contributed by atoms with Crippen molar-refractivity contribution in [3.8, 4) is 0 Å². The predicted molar refractivity (Wildman–Crippen MR) is 91.6 cm³/mol. The summed E-state index contributed by atoms with van der Waals surface area (Å²) >= 11 is 12.1. The third kappa shape index (κ3) is 3.82. The Morgan fingerprint density at radius 1 is 1.39 bits per heavy atom. The Morgan fingerprint density at radius 2 is 2.09 bits per heavy atom. The molecule has 1 amide bonds. The number of carbonyl (C=O) groups is 1. The molecule has 2 fully saturated rings. The summed E-state index contributed by atoms with van der Waals surface area (Å²) < 4.78 is 4.83. The van der Waals surface area contributed by atoms with E-state index in [0.717, 1.165) is 19.6 Å². The van der Waals surface area contributed by atoms with Crippen LogP contribution in [0.3, 0.4) is 0 Å². The molecule has 0 aromatic heterocycles. The maximum Gasteiger partial charge on any atom is 0.229 e. The lowest BCUT2D eigenvalue weighted by Gasteiger charge is -2.33. The molecule has 1 aliphatic carbocycles. The number of nitrogens with zero attached hydrogens (tertiary/aromatic N) is 1. The topological polar surface area (TPSA) is 41.6 Å². The van der Waals surface area contributed by atoms with E-state index in [0.29, 0.717) is 19.6 Å². The number of morpholine rings is 1. The van der Waals surface area contributed by atoms with E-state index in [1.807, 2.05) is 18.2 Å². The maximum absolute atomic E-state index is 12.2. The van der Waals surface area contributed by atoms with Crippen LogP contribution in [0.2, 0.25) is 0 Å². The van der Waals surface area contributed by atoms with Gasteiger partial charge >= 0.3 is 0 Å². The van der Waals surface area contributed by atoms with E-state index in [9.17, 15) is 4.79 Å². The van der Waals surface area contributed by atoms with Gasteiger partial charge in [-0.25, -0.2) is 0 Å². The highest BCUT2D eigenvalue weighted by Gasteiger charge is 2.67. The normalized spacial score (nSPS) is 30.0. The van der Waals surface area contributed by atoms with Gasteiger partial charge in [-0.05, 0) is 18.9 Å². The molecule has 2 unspecified atom stereocenters. The minimum absolute atomic E-state index is 0.00110. The minimum Gasteiger partial charge on any atom is -0.374 e. The second kappa shape index (κ2) is 6.60. The molecule has 23 heavy (non-hydrogen) atoms. The molecule has 1 saturated carbocycles. The fourth-order valence-corrected chi connectivity index (χ4v) is 3.64. The van der Waals surface area contributed by atoms with Gasteiger partial charge in [0.2, 0.25) is 5.91 Å². The van der Waals surface area contributed by atoms with Crippen LogP contribution in [0.15, 0.2) is 30.3 Å². The van der Waals surface area contributed by atoms with Crippen molar-refractivity contribution in [1.29, 1.82) is 0 Å². The first-order chi connectivity index (χ1) is 10.9. The Bertz CT molecular complexity index is 567. The summed E-state index contributed by atoms with van der Waals surface area (Å²) in [6, 6.07) is 10.4. The van der Waals surface area contributed by atoms with Crippen LogP contribution in [0, 0.1) is 5.41 Å². The number of rotatable bonds is 5. The number of nitrogens with one attached hydrogen (secondary N) is 1. The van der Waals surface area contributed by atoms with Crippen molar-refractivity contribution in [2.24, 2.45) is 5.41 Å². The summed E-state index contributed by atoms with van der Waals surface area (Å²) in [5, 5.41) is 2.94. The Balaban J connectivity index is 1.47. The van der Waals surface area contributed by atoms with Crippen LogP contribution >= 0.6 is 23.2 Å². The average molecular weight is 357 g/mol. The summed E-state index contributed by atoms with van der Waals surface area (Å²) in [5.41, 5.74) is 0.617. The SMILES string of the molecule is CC1(C(=O)NCC2CN(Cc3ccccc3)CCO2)CC1(Cl)Cl. The van der Waals surface area contributed by atoms with E-state index in [1.165, 1.54) is 5.56 Å². The van der Waals surface area contributed by atoms with Gasteiger partial charge < -0.3 is 10.1 Å². The number of alkyl halides is 2. The third-order valence-electron chi connectivity index (χ3n) is 4.72. The predicted octanol–water partition coefficient (Wildman–Crippen LogP) is 2.59. The summed E-state index contributed by atoms with van der Waals surface area (Å²) in [5.74, 6) is -0.0914. The monoisotopic (exact) mass is 356 g/mol. The van der Waals surface area contributed by atoms with Crippen LogP contribution in [-0.2, 0) is 16.1 Å². The minimum atomic E-state index is -0.927. The molecule has 1 saturated heterocycles. The smallest absolute Gasteiger partial charge is 0.229 e. The van der Waals surface area contributed by atoms with Crippen LogP contribution in [0.4, 0.5) is 0 Å². The Hall–Kier alpha value is -0.810. The molecule has 0 bridgehead atoms. The number of carbonyl (C=O) groups excluding carboxylic acids is 1. The highest BCUT2D eigenvalue weighted by molar-refractivity contribution is 6.53. The molecule has 1 aromatic carbocycles. The van der Waals surface area contributed by atoms with E-state index in [2.05, 4.69) is 22.3 Å². The van der Waals surface area contributed by atoms with Gasteiger partial charge in [-0.2, -0.15) is 0 Å². The Labute approximate surface area is 147 Å². The van der Waals surface area contributed by atoms with E-state index in [4.69, 9.17) is 27.9 Å². The van der Waals surface area contributed by atoms with Crippen LogP contribution in [0.1, 0.15) is 18.9 Å². The van der Waals surface area contributed by atoms with E-state index < -0.39 is 9.75 Å². The van der Waals surface area contributed by atoms with Gasteiger partial charge in [0.05, 0.1) is 18.1 Å². The quantitative estimate of drug-likeness (QED) is 0.824. The molecule has 4 nitrogen and oxygen atoms in total. The summed E-state index contributed by atoms with van der Waals surface area (Å²) in [6.45, 7) is 5.58. The molecule has 126 valence electrons. The second-order valence-electron chi connectivity index (χ2n) is 6.64. The van der Waals surface area contributed by atoms with Crippen LogP contribution in [-0.4, -0.2) is 47.5 Å². The van der Waals surface area contributed by atoms with Crippen LogP contribution in [0.25, 0.3) is 0 Å².